The highest BCUT2D eigenvalue weighted by molar-refractivity contribution is 6.92. The van der Waals surface area contributed by atoms with E-state index in [1.165, 1.54) is 0 Å². The lowest BCUT2D eigenvalue weighted by Crippen LogP contribution is -2.50. The maximum absolute atomic E-state index is 8.34. The first-order valence-corrected chi connectivity index (χ1v) is 2.30. The van der Waals surface area contributed by atoms with E-state index in [2.05, 4.69) is 0 Å². The van der Waals surface area contributed by atoms with Gasteiger partial charge >= 0.3 is 0 Å². The lowest BCUT2D eigenvalue weighted by molar-refractivity contribution is 0.0698. The molecule has 58 valence electrons. The zero-order chi connectivity index (χ0) is 6.62. The van der Waals surface area contributed by atoms with Crippen LogP contribution in [0.2, 0.25) is 0 Å². The highest BCUT2D eigenvalue weighted by Gasteiger charge is 2.20. The Labute approximate surface area is 57.3 Å². The highest BCUT2D eigenvalue weighted by atomic mass is 31.0. The lowest BCUT2D eigenvalue weighted by atomic mass is 10.1. The Morgan fingerprint density at radius 2 is 1.22 bits per heavy atom. The molecule has 0 bridgehead atoms. The molecule has 0 amide bonds. The van der Waals surface area contributed by atoms with E-state index in [1.54, 1.807) is 0 Å². The van der Waals surface area contributed by atoms with Gasteiger partial charge in [-0.15, -0.1) is 0 Å². The Balaban J connectivity index is 0. The van der Waals surface area contributed by atoms with Crippen LogP contribution < -0.4 is 5.73 Å². The molecule has 1 atom stereocenters. The number of aliphatic hydroxyl groups excluding tert-OH is 3. The van der Waals surface area contributed by atoms with Crippen LogP contribution in [0.15, 0.2) is 0 Å². The van der Waals surface area contributed by atoms with Crippen molar-refractivity contribution in [3.05, 3.63) is 0 Å². The Morgan fingerprint density at radius 3 is 1.22 bits per heavy atom. The summed E-state index contributed by atoms with van der Waals surface area (Å²) >= 11 is 0. The molecule has 0 aliphatic rings. The molecule has 4 nitrogen and oxygen atoms in total. The second-order valence-corrected chi connectivity index (χ2v) is 1.84. The molecular weight excluding hydrogens is 141 g/mol. The quantitative estimate of drug-likeness (QED) is 0.346. The van der Waals surface area contributed by atoms with Gasteiger partial charge in [-0.1, -0.05) is 0 Å². The molecule has 0 fully saturated rings. The van der Waals surface area contributed by atoms with E-state index in [9.17, 15) is 0 Å². The summed E-state index contributed by atoms with van der Waals surface area (Å²) in [4.78, 5) is 0. The summed E-state index contributed by atoms with van der Waals surface area (Å²) in [6, 6.07) is 0. The first kappa shape index (κ1) is 12.0. The van der Waals surface area contributed by atoms with Crippen molar-refractivity contribution in [1.82, 2.24) is 0 Å². The summed E-state index contributed by atoms with van der Waals surface area (Å²) in [6.07, 6.45) is 0. The maximum atomic E-state index is 8.34. The molecular formula is C4H14NO3P. The van der Waals surface area contributed by atoms with Crippen LogP contribution in [0.5, 0.6) is 0 Å². The molecule has 0 aliphatic heterocycles. The molecule has 0 rings (SSSR count). The van der Waals surface area contributed by atoms with Crippen molar-refractivity contribution >= 4 is 9.90 Å². The fraction of sp³-hybridized carbons (Fsp3) is 1.00. The molecule has 5 N–H and O–H groups in total. The van der Waals surface area contributed by atoms with Gasteiger partial charge in [-0.25, -0.2) is 0 Å². The van der Waals surface area contributed by atoms with Crippen LogP contribution in [0.4, 0.5) is 0 Å². The second-order valence-electron chi connectivity index (χ2n) is 1.84. The standard InChI is InChI=1S/C4H11NO3.H3P/c5-4(1-6,2-7)3-8;/h6-8H,1-3,5H2;1H3. The molecule has 0 saturated carbocycles. The van der Waals surface area contributed by atoms with E-state index in [-0.39, 0.29) is 9.90 Å². The predicted octanol–water partition coefficient (Wildman–Crippen LogP) is -2.28. The third kappa shape index (κ3) is 3.78. The van der Waals surface area contributed by atoms with Crippen LogP contribution in [0, 0.1) is 0 Å². The summed E-state index contributed by atoms with van der Waals surface area (Å²) in [6.45, 7) is -1.21. The van der Waals surface area contributed by atoms with Gasteiger partial charge in [0.2, 0.25) is 0 Å². The summed E-state index contributed by atoms with van der Waals surface area (Å²) in [5.74, 6) is 0. The van der Waals surface area contributed by atoms with E-state index in [4.69, 9.17) is 21.1 Å². The molecule has 0 spiro atoms. The van der Waals surface area contributed by atoms with Crippen LogP contribution >= 0.6 is 9.90 Å². The first-order valence-electron chi connectivity index (χ1n) is 2.30. The molecule has 0 radical (unpaired) electrons. The van der Waals surface area contributed by atoms with Crippen LogP contribution in [-0.4, -0.2) is 40.7 Å². The van der Waals surface area contributed by atoms with Crippen LogP contribution in [0.3, 0.4) is 0 Å². The average Bonchev–Trinajstić information content (AvgIpc) is 1.87. The minimum atomic E-state index is -1.21. The largest absolute Gasteiger partial charge is 0.394 e. The fourth-order valence-electron chi connectivity index (χ4n) is 0.150. The number of rotatable bonds is 3. The summed E-state index contributed by atoms with van der Waals surface area (Å²) in [5.41, 5.74) is 3.94. The second kappa shape index (κ2) is 5.09. The topological polar surface area (TPSA) is 86.7 Å². The van der Waals surface area contributed by atoms with E-state index in [1.807, 2.05) is 0 Å². The molecule has 0 aliphatic carbocycles. The SMILES string of the molecule is NC(CO)(CO)CO.P. The van der Waals surface area contributed by atoms with Gasteiger partial charge in [-0.2, -0.15) is 9.90 Å². The van der Waals surface area contributed by atoms with Crippen molar-refractivity contribution in [2.24, 2.45) is 5.73 Å². The number of hydrogen-bond donors (Lipinski definition) is 4. The van der Waals surface area contributed by atoms with Gasteiger partial charge in [0.25, 0.3) is 0 Å². The number of aliphatic hydroxyl groups is 3. The molecule has 0 aromatic carbocycles. The smallest absolute Gasteiger partial charge is 0.0856 e. The fourth-order valence-corrected chi connectivity index (χ4v) is 0.150. The predicted molar refractivity (Wildman–Crippen MR) is 39.3 cm³/mol. The third-order valence-corrected chi connectivity index (χ3v) is 0.945. The van der Waals surface area contributed by atoms with E-state index < -0.39 is 25.4 Å². The van der Waals surface area contributed by atoms with Crippen LogP contribution in [0.25, 0.3) is 0 Å². The van der Waals surface area contributed by atoms with Gasteiger partial charge in [-0.3, -0.25) is 0 Å². The molecule has 0 aromatic rings. The zero-order valence-electron chi connectivity index (χ0n) is 5.25. The Kier molecular flexibility index (Phi) is 6.78. The van der Waals surface area contributed by atoms with Crippen molar-refractivity contribution in [3.8, 4) is 0 Å². The van der Waals surface area contributed by atoms with Crippen molar-refractivity contribution in [2.75, 3.05) is 19.8 Å². The van der Waals surface area contributed by atoms with Crippen LogP contribution in [-0.2, 0) is 0 Å². The molecule has 0 saturated heterocycles. The lowest BCUT2D eigenvalue weighted by Gasteiger charge is -2.20. The first-order chi connectivity index (χ1) is 3.68. The average molecular weight is 155 g/mol. The summed E-state index contributed by atoms with van der Waals surface area (Å²) in [7, 11) is 0. The molecule has 0 aromatic heterocycles. The molecule has 0 heterocycles. The third-order valence-electron chi connectivity index (χ3n) is 0.945. The number of hydrogen-bond acceptors (Lipinski definition) is 4. The van der Waals surface area contributed by atoms with Gasteiger partial charge in [0.15, 0.2) is 0 Å². The summed E-state index contributed by atoms with van der Waals surface area (Å²) < 4.78 is 0. The molecule has 1 unspecified atom stereocenters. The van der Waals surface area contributed by atoms with Gasteiger partial charge in [-0.05, 0) is 0 Å². The Hall–Kier alpha value is 0.270. The van der Waals surface area contributed by atoms with Crippen molar-refractivity contribution in [1.29, 1.82) is 0 Å². The minimum absolute atomic E-state index is 0. The Morgan fingerprint density at radius 1 is 1.00 bits per heavy atom. The van der Waals surface area contributed by atoms with Gasteiger partial charge < -0.3 is 21.1 Å². The van der Waals surface area contributed by atoms with Gasteiger partial charge in [0.05, 0.1) is 25.4 Å². The van der Waals surface area contributed by atoms with Crippen molar-refractivity contribution in [3.63, 3.8) is 0 Å². The van der Waals surface area contributed by atoms with E-state index in [0.717, 1.165) is 0 Å². The monoisotopic (exact) mass is 155 g/mol. The van der Waals surface area contributed by atoms with Crippen LogP contribution in [0.1, 0.15) is 0 Å². The minimum Gasteiger partial charge on any atom is -0.394 e. The zero-order valence-corrected chi connectivity index (χ0v) is 6.66. The van der Waals surface area contributed by atoms with E-state index >= 15 is 0 Å². The van der Waals surface area contributed by atoms with Crippen molar-refractivity contribution < 1.29 is 15.3 Å². The molecule has 9 heavy (non-hydrogen) atoms. The normalized spacial score (nSPS) is 10.7. The maximum Gasteiger partial charge on any atom is 0.0856 e. The van der Waals surface area contributed by atoms with E-state index in [0.29, 0.717) is 0 Å². The molecule has 5 heteroatoms. The van der Waals surface area contributed by atoms with Crippen molar-refractivity contribution in [2.45, 2.75) is 5.54 Å². The number of nitrogens with two attached hydrogens (primary N) is 1. The Bertz CT molecular complexity index is 58.6. The van der Waals surface area contributed by atoms with Gasteiger partial charge in [0, 0.05) is 0 Å². The highest BCUT2D eigenvalue weighted by Crippen LogP contribution is 1.93. The van der Waals surface area contributed by atoms with Gasteiger partial charge in [0.1, 0.15) is 0 Å². The summed E-state index contributed by atoms with van der Waals surface area (Å²) in [5, 5.41) is 25.0.